The van der Waals surface area contributed by atoms with Crippen LogP contribution < -0.4 is 14.8 Å². The van der Waals surface area contributed by atoms with Crippen LogP contribution >= 0.6 is 11.6 Å². The van der Waals surface area contributed by atoms with Gasteiger partial charge in [0.2, 0.25) is 0 Å². The van der Waals surface area contributed by atoms with E-state index in [0.717, 1.165) is 43.3 Å². The van der Waals surface area contributed by atoms with Crippen molar-refractivity contribution < 1.29 is 9.47 Å². The molecule has 0 amide bonds. The van der Waals surface area contributed by atoms with Crippen LogP contribution in [-0.2, 0) is 12.8 Å². The van der Waals surface area contributed by atoms with Crippen molar-refractivity contribution in [2.24, 2.45) is 0 Å². The Morgan fingerprint density at radius 1 is 1.38 bits per heavy atom. The molecule has 110 valence electrons. The first-order valence-corrected chi connectivity index (χ1v) is 7.18. The molecule has 1 aromatic heterocycles. The third kappa shape index (κ3) is 3.03. The van der Waals surface area contributed by atoms with Gasteiger partial charge in [0.05, 0.1) is 13.7 Å². The SMILES string of the molecule is COc1ccc2c(c1CCNc1cc(Cl)ncn1)CCO2. The van der Waals surface area contributed by atoms with Gasteiger partial charge in [0.15, 0.2) is 0 Å². The van der Waals surface area contributed by atoms with Gasteiger partial charge in [-0.2, -0.15) is 0 Å². The van der Waals surface area contributed by atoms with Crippen LogP contribution in [-0.4, -0.2) is 30.2 Å². The molecule has 2 aromatic rings. The molecule has 0 spiro atoms. The predicted molar refractivity (Wildman–Crippen MR) is 81.4 cm³/mol. The zero-order valence-electron chi connectivity index (χ0n) is 11.7. The van der Waals surface area contributed by atoms with E-state index < -0.39 is 0 Å². The summed E-state index contributed by atoms with van der Waals surface area (Å²) in [6, 6.07) is 5.64. The van der Waals surface area contributed by atoms with Crippen LogP contribution in [0.1, 0.15) is 11.1 Å². The summed E-state index contributed by atoms with van der Waals surface area (Å²) in [7, 11) is 1.69. The lowest BCUT2D eigenvalue weighted by Crippen LogP contribution is -2.08. The smallest absolute Gasteiger partial charge is 0.134 e. The zero-order chi connectivity index (χ0) is 14.7. The molecule has 0 radical (unpaired) electrons. The minimum absolute atomic E-state index is 0.430. The van der Waals surface area contributed by atoms with E-state index in [-0.39, 0.29) is 0 Å². The van der Waals surface area contributed by atoms with Crippen LogP contribution in [0, 0.1) is 0 Å². The molecule has 0 bridgehead atoms. The number of hydrogen-bond acceptors (Lipinski definition) is 5. The van der Waals surface area contributed by atoms with Crippen LogP contribution in [0.4, 0.5) is 5.82 Å². The number of halogens is 1. The molecule has 3 rings (SSSR count). The Kier molecular flexibility index (Phi) is 4.10. The summed E-state index contributed by atoms with van der Waals surface area (Å²) in [5.41, 5.74) is 2.44. The van der Waals surface area contributed by atoms with E-state index in [1.54, 1.807) is 13.2 Å². The summed E-state index contributed by atoms with van der Waals surface area (Å²) in [5.74, 6) is 2.59. The molecular formula is C15H16ClN3O2. The predicted octanol–water partition coefficient (Wildman–Crippen LogP) is 2.73. The lowest BCUT2D eigenvalue weighted by Gasteiger charge is -2.13. The second-order valence-corrected chi connectivity index (χ2v) is 5.11. The van der Waals surface area contributed by atoms with Crippen LogP contribution in [0.3, 0.4) is 0 Å². The molecule has 5 nitrogen and oxygen atoms in total. The van der Waals surface area contributed by atoms with Gasteiger partial charge in [0.25, 0.3) is 0 Å². The van der Waals surface area contributed by atoms with Gasteiger partial charge >= 0.3 is 0 Å². The molecule has 0 saturated carbocycles. The molecule has 0 atom stereocenters. The molecule has 1 aliphatic heterocycles. The molecule has 2 heterocycles. The molecule has 0 unspecified atom stereocenters. The van der Waals surface area contributed by atoms with Gasteiger partial charge in [0.1, 0.15) is 28.8 Å². The Bertz CT molecular complexity index is 649. The maximum absolute atomic E-state index is 5.84. The van der Waals surface area contributed by atoms with E-state index in [1.807, 2.05) is 12.1 Å². The molecule has 0 saturated heterocycles. The number of benzene rings is 1. The number of fused-ring (bicyclic) bond motifs is 1. The number of anilines is 1. The largest absolute Gasteiger partial charge is 0.496 e. The van der Waals surface area contributed by atoms with Crippen molar-refractivity contribution in [3.05, 3.63) is 40.8 Å². The molecule has 0 fully saturated rings. The van der Waals surface area contributed by atoms with Crippen molar-refractivity contribution in [3.8, 4) is 11.5 Å². The van der Waals surface area contributed by atoms with Gasteiger partial charge in [-0.1, -0.05) is 11.6 Å². The highest BCUT2D eigenvalue weighted by Gasteiger charge is 2.19. The maximum atomic E-state index is 5.84. The minimum Gasteiger partial charge on any atom is -0.496 e. The number of rotatable bonds is 5. The number of nitrogens with zero attached hydrogens (tertiary/aromatic N) is 2. The van der Waals surface area contributed by atoms with Crippen molar-refractivity contribution in [2.75, 3.05) is 25.6 Å². The number of ether oxygens (including phenoxy) is 2. The highest BCUT2D eigenvalue weighted by atomic mass is 35.5. The Hall–Kier alpha value is -2.01. The number of aromatic nitrogens is 2. The second kappa shape index (κ2) is 6.18. The normalized spacial score (nSPS) is 12.7. The lowest BCUT2D eigenvalue weighted by atomic mass is 10.0. The zero-order valence-corrected chi connectivity index (χ0v) is 12.5. The van der Waals surface area contributed by atoms with E-state index in [9.17, 15) is 0 Å². The van der Waals surface area contributed by atoms with E-state index in [0.29, 0.717) is 5.15 Å². The van der Waals surface area contributed by atoms with Crippen LogP contribution in [0.15, 0.2) is 24.5 Å². The quantitative estimate of drug-likeness (QED) is 0.861. The summed E-state index contributed by atoms with van der Waals surface area (Å²) < 4.78 is 11.1. The van der Waals surface area contributed by atoms with Crippen molar-refractivity contribution in [1.29, 1.82) is 0 Å². The van der Waals surface area contributed by atoms with Gasteiger partial charge in [-0.15, -0.1) is 0 Å². The summed E-state index contributed by atoms with van der Waals surface area (Å²) in [4.78, 5) is 7.98. The van der Waals surface area contributed by atoms with Crippen molar-refractivity contribution in [2.45, 2.75) is 12.8 Å². The van der Waals surface area contributed by atoms with Gasteiger partial charge < -0.3 is 14.8 Å². The summed E-state index contributed by atoms with van der Waals surface area (Å²) >= 11 is 5.84. The molecule has 1 N–H and O–H groups in total. The van der Waals surface area contributed by atoms with Crippen molar-refractivity contribution in [1.82, 2.24) is 9.97 Å². The molecule has 21 heavy (non-hydrogen) atoms. The second-order valence-electron chi connectivity index (χ2n) is 4.72. The van der Waals surface area contributed by atoms with Crippen LogP contribution in [0.25, 0.3) is 0 Å². The van der Waals surface area contributed by atoms with E-state index in [2.05, 4.69) is 15.3 Å². The van der Waals surface area contributed by atoms with Gasteiger partial charge in [-0.25, -0.2) is 9.97 Å². The summed E-state index contributed by atoms with van der Waals surface area (Å²) in [6.45, 7) is 1.48. The average Bonchev–Trinajstić information content (AvgIpc) is 2.96. The lowest BCUT2D eigenvalue weighted by molar-refractivity contribution is 0.356. The molecular weight excluding hydrogens is 290 g/mol. The third-order valence-electron chi connectivity index (χ3n) is 3.49. The number of hydrogen-bond donors (Lipinski definition) is 1. The highest BCUT2D eigenvalue weighted by Crippen LogP contribution is 2.34. The maximum Gasteiger partial charge on any atom is 0.134 e. The molecule has 1 aromatic carbocycles. The van der Waals surface area contributed by atoms with Gasteiger partial charge in [0, 0.05) is 30.2 Å². The number of methoxy groups -OCH3 is 1. The first-order chi connectivity index (χ1) is 10.3. The fourth-order valence-electron chi connectivity index (χ4n) is 2.53. The topological polar surface area (TPSA) is 56.3 Å². The highest BCUT2D eigenvalue weighted by molar-refractivity contribution is 6.29. The number of nitrogens with one attached hydrogen (secondary N) is 1. The Morgan fingerprint density at radius 2 is 2.29 bits per heavy atom. The third-order valence-corrected chi connectivity index (χ3v) is 3.70. The molecule has 6 heteroatoms. The van der Waals surface area contributed by atoms with Crippen LogP contribution in [0.5, 0.6) is 11.5 Å². The van der Waals surface area contributed by atoms with E-state index in [4.69, 9.17) is 21.1 Å². The van der Waals surface area contributed by atoms with Crippen LogP contribution in [0.2, 0.25) is 5.15 Å². The summed E-state index contributed by atoms with van der Waals surface area (Å²) in [6.07, 6.45) is 3.21. The first-order valence-electron chi connectivity index (χ1n) is 6.81. The monoisotopic (exact) mass is 305 g/mol. The van der Waals surface area contributed by atoms with Crippen molar-refractivity contribution >= 4 is 17.4 Å². The van der Waals surface area contributed by atoms with E-state index in [1.165, 1.54) is 17.5 Å². The Morgan fingerprint density at radius 3 is 3.10 bits per heavy atom. The Balaban J connectivity index is 1.72. The minimum atomic E-state index is 0.430. The van der Waals surface area contributed by atoms with Gasteiger partial charge in [-0.05, 0) is 18.6 Å². The fourth-order valence-corrected chi connectivity index (χ4v) is 2.68. The Labute approximate surface area is 128 Å². The molecule has 1 aliphatic rings. The standard InChI is InChI=1S/C15H16ClN3O2/c1-20-12-2-3-13-11(5-7-21-13)10(12)4-6-17-15-8-14(16)18-9-19-15/h2-3,8-9H,4-7H2,1H3,(H,17,18,19). The first kappa shape index (κ1) is 13.9. The van der Waals surface area contributed by atoms with Crippen molar-refractivity contribution in [3.63, 3.8) is 0 Å². The average molecular weight is 306 g/mol. The fraction of sp³-hybridized carbons (Fsp3) is 0.333. The van der Waals surface area contributed by atoms with Gasteiger partial charge in [-0.3, -0.25) is 0 Å². The molecule has 0 aliphatic carbocycles. The van der Waals surface area contributed by atoms with E-state index >= 15 is 0 Å². The summed E-state index contributed by atoms with van der Waals surface area (Å²) in [5, 5.41) is 3.67.